The largest absolute Gasteiger partial charge is 0.481 e. The fraction of sp³-hybridized carbons (Fsp3) is 0.444. The molecule has 0 saturated heterocycles. The highest BCUT2D eigenvalue weighted by atomic mass is 32.3. The molecule has 1 aliphatic rings. The van der Waals surface area contributed by atoms with E-state index in [1.54, 1.807) is 5.41 Å². The van der Waals surface area contributed by atoms with Crippen LogP contribution in [-0.2, 0) is 14.8 Å². The molecule has 1 unspecified atom stereocenters. The van der Waals surface area contributed by atoms with E-state index >= 15 is 0 Å². The van der Waals surface area contributed by atoms with E-state index in [0.29, 0.717) is 28.7 Å². The van der Waals surface area contributed by atoms with Crippen molar-refractivity contribution < 1.29 is 27.6 Å². The summed E-state index contributed by atoms with van der Waals surface area (Å²) in [6, 6.07) is 5.54. The third kappa shape index (κ3) is 6.84. The number of amides is 1. The number of aliphatic carboxylic acids is 1. The van der Waals surface area contributed by atoms with Gasteiger partial charge in [0.05, 0.1) is 40.2 Å². The Labute approximate surface area is 169 Å². The lowest BCUT2D eigenvalue weighted by Gasteiger charge is -2.29. The zero-order valence-corrected chi connectivity index (χ0v) is 17.7. The van der Waals surface area contributed by atoms with Crippen LogP contribution in [0, 0.1) is 0 Å². The Morgan fingerprint density at radius 2 is 1.89 bits per heavy atom. The first-order valence-electron chi connectivity index (χ1n) is 8.71. The van der Waals surface area contributed by atoms with E-state index in [0.717, 1.165) is 0 Å². The van der Waals surface area contributed by atoms with Crippen molar-refractivity contribution in [1.29, 1.82) is 0 Å². The van der Waals surface area contributed by atoms with Crippen molar-refractivity contribution in [3.63, 3.8) is 0 Å². The van der Waals surface area contributed by atoms with Gasteiger partial charge in [0.2, 0.25) is 10.0 Å². The number of likely N-dealkylation sites (N-methyl/N-ethyl adjacent to an activating group) is 1. The number of carboxylic acids is 1. The first kappa shape index (κ1) is 22.3. The molecule has 0 spiro atoms. The number of nitrogens with zero attached hydrogens (tertiary/aromatic N) is 1. The first-order valence-corrected chi connectivity index (χ1v) is 11.2. The summed E-state index contributed by atoms with van der Waals surface area (Å²) in [5, 5.41) is 13.6. The summed E-state index contributed by atoms with van der Waals surface area (Å²) < 4.78 is 27.1. The Kier molecular flexibility index (Phi) is 7.13. The van der Waals surface area contributed by atoms with Crippen LogP contribution in [0.5, 0.6) is 0 Å². The number of allylic oxidation sites excluding steroid dienone is 1. The molecule has 28 heavy (non-hydrogen) atoms. The smallest absolute Gasteiger partial charge is 0.305 e. The highest BCUT2D eigenvalue weighted by molar-refractivity contribution is 8.15. The average molecular weight is 429 g/mol. The highest BCUT2D eigenvalue weighted by Gasteiger charge is 2.27. The van der Waals surface area contributed by atoms with E-state index in [2.05, 4.69) is 10.0 Å². The molecule has 0 radical (unpaired) electrons. The van der Waals surface area contributed by atoms with Gasteiger partial charge in [-0.15, -0.1) is 11.8 Å². The Bertz CT molecular complexity index is 837. The minimum Gasteiger partial charge on any atom is -0.481 e. The molecule has 2 atom stereocenters. The molecular formula is C18H26N3O5S2+. The number of carboxylic acid groups (broad SMARTS) is 1. The Morgan fingerprint density at radius 1 is 1.25 bits per heavy atom. The molecule has 0 aliphatic carbocycles. The van der Waals surface area contributed by atoms with Crippen molar-refractivity contribution in [2.45, 2.75) is 23.5 Å². The van der Waals surface area contributed by atoms with Crippen LogP contribution in [0.25, 0.3) is 0 Å². The van der Waals surface area contributed by atoms with Crippen LogP contribution in [-0.4, -0.2) is 68.2 Å². The second kappa shape index (κ2) is 8.97. The third-order valence-corrected chi connectivity index (χ3v) is 7.28. The number of carbonyl (C=O) groups is 2. The fourth-order valence-electron chi connectivity index (χ4n) is 2.79. The molecule has 1 heterocycles. The van der Waals surface area contributed by atoms with E-state index in [4.69, 9.17) is 5.11 Å². The van der Waals surface area contributed by atoms with Gasteiger partial charge in [-0.2, -0.15) is 0 Å². The van der Waals surface area contributed by atoms with E-state index < -0.39 is 32.5 Å². The van der Waals surface area contributed by atoms with Crippen molar-refractivity contribution in [2.75, 3.05) is 32.4 Å². The van der Waals surface area contributed by atoms with Crippen molar-refractivity contribution in [3.05, 3.63) is 41.3 Å². The SMILES string of the molecule is C[N+](C)(C)C[C@@H](CC(=O)O)NC(=O)c1ccc(NS(=O)(=O)C2CC=CS2)cc1. The molecule has 1 aromatic rings. The van der Waals surface area contributed by atoms with Gasteiger partial charge < -0.3 is 14.9 Å². The van der Waals surface area contributed by atoms with Gasteiger partial charge in [0.1, 0.15) is 4.58 Å². The zero-order valence-electron chi connectivity index (χ0n) is 16.1. The van der Waals surface area contributed by atoms with Gasteiger partial charge in [-0.1, -0.05) is 6.08 Å². The number of quaternary nitrogens is 1. The van der Waals surface area contributed by atoms with Gasteiger partial charge in [0.25, 0.3) is 5.91 Å². The van der Waals surface area contributed by atoms with Crippen molar-refractivity contribution >= 4 is 39.3 Å². The van der Waals surface area contributed by atoms with E-state index in [9.17, 15) is 18.0 Å². The summed E-state index contributed by atoms with van der Waals surface area (Å²) in [4.78, 5) is 23.5. The zero-order chi connectivity index (χ0) is 20.9. The standard InChI is InChI=1S/C18H25N3O5S2/c1-21(2,3)12-15(11-16(22)23)19-18(24)13-6-8-14(9-7-13)20-28(25,26)17-5-4-10-27-17/h4,6-10,15,17H,5,11-12H2,1-3H3,(H2-,19,20,22,23,24)/p+1/t15-,17?/m1/s1. The summed E-state index contributed by atoms with van der Waals surface area (Å²) in [6.45, 7) is 0.461. The van der Waals surface area contributed by atoms with E-state index in [1.165, 1.54) is 36.0 Å². The van der Waals surface area contributed by atoms with Gasteiger partial charge >= 0.3 is 5.97 Å². The van der Waals surface area contributed by atoms with Crippen molar-refractivity contribution in [3.8, 4) is 0 Å². The second-order valence-electron chi connectivity index (χ2n) is 7.64. The van der Waals surface area contributed by atoms with Gasteiger partial charge in [-0.25, -0.2) is 8.42 Å². The lowest BCUT2D eigenvalue weighted by Crippen LogP contribution is -2.49. The molecule has 10 heteroatoms. The Hall–Kier alpha value is -2.04. The van der Waals surface area contributed by atoms with Crippen LogP contribution in [0.4, 0.5) is 5.69 Å². The van der Waals surface area contributed by atoms with E-state index in [1.807, 2.05) is 27.2 Å². The molecule has 1 aliphatic heterocycles. The molecule has 1 aromatic carbocycles. The fourth-order valence-corrected chi connectivity index (χ4v) is 5.29. The molecule has 0 fully saturated rings. The number of nitrogens with one attached hydrogen (secondary N) is 2. The quantitative estimate of drug-likeness (QED) is 0.516. The molecule has 1 amide bonds. The molecule has 154 valence electrons. The lowest BCUT2D eigenvalue weighted by atomic mass is 10.1. The molecule has 8 nitrogen and oxygen atoms in total. The van der Waals surface area contributed by atoms with Crippen LogP contribution >= 0.6 is 11.8 Å². The normalized spacial score (nSPS) is 17.9. The predicted octanol–water partition coefficient (Wildman–Crippen LogP) is 1.68. The summed E-state index contributed by atoms with van der Waals surface area (Å²) in [7, 11) is 2.23. The summed E-state index contributed by atoms with van der Waals surface area (Å²) in [5.41, 5.74) is 0.703. The molecule has 0 bridgehead atoms. The van der Waals surface area contributed by atoms with Gasteiger partial charge in [-0.05, 0) is 36.1 Å². The maximum Gasteiger partial charge on any atom is 0.305 e. The first-order chi connectivity index (χ1) is 13.0. The minimum atomic E-state index is -3.52. The molecule has 3 N–H and O–H groups in total. The summed E-state index contributed by atoms with van der Waals surface area (Å²) >= 11 is 1.25. The number of anilines is 1. The Morgan fingerprint density at radius 3 is 2.39 bits per heavy atom. The number of benzene rings is 1. The third-order valence-electron chi connectivity index (χ3n) is 3.93. The van der Waals surface area contributed by atoms with Gasteiger partial charge in [0, 0.05) is 11.3 Å². The van der Waals surface area contributed by atoms with Crippen LogP contribution in [0.1, 0.15) is 23.2 Å². The maximum absolute atomic E-state index is 12.5. The minimum absolute atomic E-state index is 0.174. The topological polar surface area (TPSA) is 113 Å². The van der Waals surface area contributed by atoms with Crippen LogP contribution in [0.15, 0.2) is 35.7 Å². The van der Waals surface area contributed by atoms with Gasteiger partial charge in [0.15, 0.2) is 0 Å². The highest BCUT2D eigenvalue weighted by Crippen LogP contribution is 2.29. The number of hydrogen-bond acceptors (Lipinski definition) is 5. The number of sulfonamides is 1. The number of hydrogen-bond donors (Lipinski definition) is 3. The number of rotatable bonds is 9. The van der Waals surface area contributed by atoms with Crippen molar-refractivity contribution in [1.82, 2.24) is 5.32 Å². The monoisotopic (exact) mass is 428 g/mol. The average Bonchev–Trinajstić information content (AvgIpc) is 3.08. The maximum atomic E-state index is 12.5. The molecule has 2 rings (SSSR count). The van der Waals surface area contributed by atoms with Gasteiger partial charge in [-0.3, -0.25) is 14.3 Å². The molecule has 0 aromatic heterocycles. The predicted molar refractivity (Wildman–Crippen MR) is 111 cm³/mol. The van der Waals surface area contributed by atoms with Crippen LogP contribution < -0.4 is 10.0 Å². The lowest BCUT2D eigenvalue weighted by molar-refractivity contribution is -0.871. The van der Waals surface area contributed by atoms with Crippen molar-refractivity contribution in [2.24, 2.45) is 0 Å². The Balaban J connectivity index is 2.02. The van der Waals surface area contributed by atoms with E-state index in [-0.39, 0.29) is 6.42 Å². The van der Waals surface area contributed by atoms with Crippen LogP contribution in [0.3, 0.4) is 0 Å². The summed E-state index contributed by atoms with van der Waals surface area (Å²) in [6.07, 6.45) is 2.09. The number of thioether (sulfide) groups is 1. The van der Waals surface area contributed by atoms with Crippen LogP contribution in [0.2, 0.25) is 0 Å². The summed E-state index contributed by atoms with van der Waals surface area (Å²) in [5.74, 6) is -1.38. The number of carbonyl (C=O) groups excluding carboxylic acids is 1. The molecule has 0 saturated carbocycles. The molecular weight excluding hydrogens is 402 g/mol. The second-order valence-corrected chi connectivity index (χ2v) is 10.9.